The highest BCUT2D eigenvalue weighted by molar-refractivity contribution is 5.80. The zero-order valence-corrected chi connectivity index (χ0v) is 12.4. The molecule has 5 nitrogen and oxygen atoms in total. The van der Waals surface area contributed by atoms with E-state index in [1.165, 1.54) is 13.5 Å². The Balaban J connectivity index is 1.97. The number of esters is 1. The first-order valence-corrected chi connectivity index (χ1v) is 7.24. The number of nitrogens with two attached hydrogens (primary N) is 1. The van der Waals surface area contributed by atoms with Gasteiger partial charge in [-0.05, 0) is 46.2 Å². The van der Waals surface area contributed by atoms with Crippen molar-refractivity contribution in [1.82, 2.24) is 9.80 Å². The lowest BCUT2D eigenvalue weighted by Crippen LogP contribution is -2.56. The lowest BCUT2D eigenvalue weighted by Gasteiger charge is -2.39. The van der Waals surface area contributed by atoms with Gasteiger partial charge in [0.2, 0.25) is 0 Å². The molecule has 0 radical (unpaired) electrons. The van der Waals surface area contributed by atoms with E-state index in [1.807, 2.05) is 0 Å². The fraction of sp³-hybridized carbons (Fsp3) is 0.929. The van der Waals surface area contributed by atoms with E-state index in [4.69, 9.17) is 10.5 Å². The van der Waals surface area contributed by atoms with Gasteiger partial charge in [0.05, 0.1) is 7.11 Å². The third-order valence-electron chi connectivity index (χ3n) is 4.79. The van der Waals surface area contributed by atoms with Crippen LogP contribution in [0.3, 0.4) is 0 Å². The van der Waals surface area contributed by atoms with Crippen LogP contribution in [0.2, 0.25) is 0 Å². The van der Waals surface area contributed by atoms with E-state index < -0.39 is 5.54 Å². The number of hydrogen-bond donors (Lipinski definition) is 1. The van der Waals surface area contributed by atoms with Gasteiger partial charge in [-0.2, -0.15) is 0 Å². The lowest BCUT2D eigenvalue weighted by atomic mass is 9.79. The normalized spacial score (nSPS) is 36.7. The van der Waals surface area contributed by atoms with Crippen LogP contribution in [0.4, 0.5) is 0 Å². The summed E-state index contributed by atoms with van der Waals surface area (Å²) >= 11 is 0. The molecule has 2 aliphatic rings. The minimum absolute atomic E-state index is 0.249. The molecule has 1 aliphatic heterocycles. The summed E-state index contributed by atoms with van der Waals surface area (Å²) in [6.45, 7) is 2.21. The van der Waals surface area contributed by atoms with Crippen LogP contribution >= 0.6 is 0 Å². The monoisotopic (exact) mass is 269 g/mol. The Labute approximate surface area is 116 Å². The number of rotatable bonds is 3. The van der Waals surface area contributed by atoms with Crippen molar-refractivity contribution in [3.63, 3.8) is 0 Å². The molecule has 1 aliphatic carbocycles. The van der Waals surface area contributed by atoms with Crippen LogP contribution in [-0.4, -0.2) is 67.7 Å². The minimum Gasteiger partial charge on any atom is -0.468 e. The van der Waals surface area contributed by atoms with Gasteiger partial charge < -0.3 is 15.4 Å². The number of likely N-dealkylation sites (N-methyl/N-ethyl adjacent to an activating group) is 1. The highest BCUT2D eigenvalue weighted by Crippen LogP contribution is 2.32. The summed E-state index contributed by atoms with van der Waals surface area (Å²) in [6, 6.07) is 1.06. The second-order valence-electron chi connectivity index (χ2n) is 6.30. The van der Waals surface area contributed by atoms with Gasteiger partial charge in [-0.25, -0.2) is 0 Å². The zero-order valence-electron chi connectivity index (χ0n) is 12.4. The zero-order chi connectivity index (χ0) is 14.0. The van der Waals surface area contributed by atoms with Gasteiger partial charge in [0.25, 0.3) is 0 Å². The molecule has 2 fully saturated rings. The first-order valence-electron chi connectivity index (χ1n) is 7.24. The van der Waals surface area contributed by atoms with Crippen LogP contribution in [0.15, 0.2) is 0 Å². The average molecular weight is 269 g/mol. The van der Waals surface area contributed by atoms with Crippen molar-refractivity contribution in [3.8, 4) is 0 Å². The van der Waals surface area contributed by atoms with E-state index >= 15 is 0 Å². The van der Waals surface area contributed by atoms with E-state index in [1.54, 1.807) is 0 Å². The van der Waals surface area contributed by atoms with Gasteiger partial charge in [0, 0.05) is 25.2 Å². The van der Waals surface area contributed by atoms with Gasteiger partial charge in [0.1, 0.15) is 5.54 Å². The minimum atomic E-state index is -0.770. The molecule has 0 aromatic heterocycles. The molecule has 110 valence electrons. The highest BCUT2D eigenvalue weighted by Gasteiger charge is 2.43. The summed E-state index contributed by atoms with van der Waals surface area (Å²) < 4.78 is 4.87. The Morgan fingerprint density at radius 2 is 2.16 bits per heavy atom. The van der Waals surface area contributed by atoms with Crippen molar-refractivity contribution in [3.05, 3.63) is 0 Å². The first-order chi connectivity index (χ1) is 8.96. The van der Waals surface area contributed by atoms with Gasteiger partial charge >= 0.3 is 5.97 Å². The smallest absolute Gasteiger partial charge is 0.325 e. The number of hydrogen-bond acceptors (Lipinski definition) is 5. The molecular formula is C14H27N3O2. The largest absolute Gasteiger partial charge is 0.468 e. The third-order valence-corrected chi connectivity index (χ3v) is 4.79. The maximum absolute atomic E-state index is 11.8. The molecule has 5 heteroatoms. The van der Waals surface area contributed by atoms with E-state index in [0.29, 0.717) is 12.1 Å². The predicted octanol–water partition coefficient (Wildman–Crippen LogP) is 0.435. The Morgan fingerprint density at radius 3 is 2.74 bits per heavy atom. The fourth-order valence-electron chi connectivity index (χ4n) is 3.50. The van der Waals surface area contributed by atoms with Crippen molar-refractivity contribution >= 4 is 5.97 Å². The molecule has 0 spiro atoms. The first kappa shape index (κ1) is 14.8. The molecule has 0 aromatic carbocycles. The van der Waals surface area contributed by atoms with Gasteiger partial charge in [-0.3, -0.25) is 9.69 Å². The number of carbonyl (C=O) groups is 1. The molecule has 1 heterocycles. The third kappa shape index (κ3) is 3.09. The van der Waals surface area contributed by atoms with Crippen LogP contribution < -0.4 is 5.73 Å². The molecule has 2 rings (SSSR count). The van der Waals surface area contributed by atoms with Crippen molar-refractivity contribution in [1.29, 1.82) is 0 Å². The van der Waals surface area contributed by atoms with E-state index in [2.05, 4.69) is 23.9 Å². The lowest BCUT2D eigenvalue weighted by molar-refractivity contribution is -0.149. The van der Waals surface area contributed by atoms with Crippen LogP contribution in [0.1, 0.15) is 32.1 Å². The molecule has 1 saturated carbocycles. The maximum atomic E-state index is 11.8. The highest BCUT2D eigenvalue weighted by atomic mass is 16.5. The van der Waals surface area contributed by atoms with Crippen LogP contribution in [0.25, 0.3) is 0 Å². The van der Waals surface area contributed by atoms with Crippen molar-refractivity contribution in [2.45, 2.75) is 49.7 Å². The number of ether oxygens (including phenoxy) is 1. The average Bonchev–Trinajstić information content (AvgIpc) is 2.87. The molecule has 3 atom stereocenters. The topological polar surface area (TPSA) is 58.8 Å². The molecular weight excluding hydrogens is 242 g/mol. The molecule has 19 heavy (non-hydrogen) atoms. The number of likely N-dealkylation sites (tertiary alicyclic amines) is 1. The van der Waals surface area contributed by atoms with E-state index in [0.717, 1.165) is 38.8 Å². The van der Waals surface area contributed by atoms with Gasteiger partial charge in [0.15, 0.2) is 0 Å². The summed E-state index contributed by atoms with van der Waals surface area (Å²) in [5.41, 5.74) is 5.48. The standard InChI is InChI=1S/C14H27N3O2/c1-16(2)12-6-8-17(10-12)11-5-4-7-14(15,9-11)13(18)19-3/h11-12H,4-10,15H2,1-3H3. The molecule has 1 saturated heterocycles. The van der Waals surface area contributed by atoms with Crippen molar-refractivity contribution < 1.29 is 9.53 Å². The maximum Gasteiger partial charge on any atom is 0.325 e. The Hall–Kier alpha value is -0.650. The quantitative estimate of drug-likeness (QED) is 0.753. The van der Waals surface area contributed by atoms with Crippen molar-refractivity contribution in [2.24, 2.45) is 5.73 Å². The van der Waals surface area contributed by atoms with Crippen LogP contribution in [-0.2, 0) is 9.53 Å². The number of methoxy groups -OCH3 is 1. The SMILES string of the molecule is COC(=O)C1(N)CCCC(N2CCC(N(C)C)C2)C1. The molecule has 2 N–H and O–H groups in total. The second kappa shape index (κ2) is 5.77. The Kier molecular flexibility index (Phi) is 4.48. The van der Waals surface area contributed by atoms with E-state index in [9.17, 15) is 4.79 Å². The van der Waals surface area contributed by atoms with Crippen molar-refractivity contribution in [2.75, 3.05) is 34.3 Å². The molecule has 0 aromatic rings. The Morgan fingerprint density at radius 1 is 1.42 bits per heavy atom. The predicted molar refractivity (Wildman–Crippen MR) is 74.9 cm³/mol. The molecule has 0 bridgehead atoms. The number of nitrogens with zero attached hydrogens (tertiary/aromatic N) is 2. The molecule has 0 amide bonds. The van der Waals surface area contributed by atoms with Gasteiger partial charge in [-0.15, -0.1) is 0 Å². The molecule has 3 unspecified atom stereocenters. The summed E-state index contributed by atoms with van der Waals surface area (Å²) in [5, 5.41) is 0. The summed E-state index contributed by atoms with van der Waals surface area (Å²) in [7, 11) is 5.70. The summed E-state index contributed by atoms with van der Waals surface area (Å²) in [4.78, 5) is 16.6. The number of carbonyl (C=O) groups excluding carboxylic acids is 1. The van der Waals surface area contributed by atoms with E-state index in [-0.39, 0.29) is 5.97 Å². The summed E-state index contributed by atoms with van der Waals surface area (Å²) in [6.07, 6.45) is 4.86. The second-order valence-corrected chi connectivity index (χ2v) is 6.30. The fourth-order valence-corrected chi connectivity index (χ4v) is 3.50. The Bertz CT molecular complexity index is 335. The van der Waals surface area contributed by atoms with Gasteiger partial charge in [-0.1, -0.05) is 0 Å². The summed E-state index contributed by atoms with van der Waals surface area (Å²) in [5.74, 6) is -0.249. The van der Waals surface area contributed by atoms with Crippen LogP contribution in [0.5, 0.6) is 0 Å². The van der Waals surface area contributed by atoms with Crippen LogP contribution in [0, 0.1) is 0 Å².